The zero-order valence-corrected chi connectivity index (χ0v) is 12.1. The maximum atomic E-state index is 13.1. The van der Waals surface area contributed by atoms with Gasteiger partial charge in [-0.25, -0.2) is 14.4 Å². The molecule has 3 rings (SSSR count). The van der Waals surface area contributed by atoms with Gasteiger partial charge in [0.15, 0.2) is 5.82 Å². The number of halogens is 1. The zero-order valence-electron chi connectivity index (χ0n) is 12.1. The summed E-state index contributed by atoms with van der Waals surface area (Å²) in [5, 5.41) is 3.34. The molecule has 4 nitrogen and oxygen atoms in total. The molecule has 0 aliphatic carbocycles. The molecular weight excluding hydrogens is 267 g/mol. The molecule has 5 heteroatoms. The minimum Gasteiger partial charge on any atom is -0.354 e. The second-order valence-electron chi connectivity index (χ2n) is 5.14. The highest BCUT2D eigenvalue weighted by Gasteiger charge is 2.14. The molecule has 0 bridgehead atoms. The first-order valence-corrected chi connectivity index (χ1v) is 7.36. The third-order valence-electron chi connectivity index (χ3n) is 3.67. The maximum absolute atomic E-state index is 13.1. The Balaban J connectivity index is 1.98. The van der Waals surface area contributed by atoms with Gasteiger partial charge in [-0.1, -0.05) is 6.92 Å². The summed E-state index contributed by atoms with van der Waals surface area (Å²) in [5.74, 6) is 1.39. The van der Waals surface area contributed by atoms with E-state index >= 15 is 0 Å². The van der Waals surface area contributed by atoms with Crippen molar-refractivity contribution in [2.24, 2.45) is 0 Å². The summed E-state index contributed by atoms with van der Waals surface area (Å²) in [7, 11) is 0. The Hall–Kier alpha value is -2.01. The van der Waals surface area contributed by atoms with Gasteiger partial charge < -0.3 is 10.2 Å². The first-order chi connectivity index (χ1) is 10.3. The summed E-state index contributed by atoms with van der Waals surface area (Å²) < 4.78 is 13.1. The minimum absolute atomic E-state index is 0.243. The van der Waals surface area contributed by atoms with Gasteiger partial charge in [0.2, 0.25) is 0 Å². The van der Waals surface area contributed by atoms with Gasteiger partial charge in [-0.15, -0.1) is 0 Å². The number of nitrogens with zero attached hydrogens (tertiary/aromatic N) is 3. The standard InChI is InChI=1S/C16H19FN4/c1-2-14-11-15(21-9-7-18-8-10-21)20-16(19-14)12-3-5-13(17)6-4-12/h3-6,11,18H,2,7-10H2,1H3. The van der Waals surface area contributed by atoms with Crippen molar-refractivity contribution < 1.29 is 4.39 Å². The molecule has 21 heavy (non-hydrogen) atoms. The Morgan fingerprint density at radius 3 is 2.52 bits per heavy atom. The minimum atomic E-state index is -0.243. The number of rotatable bonds is 3. The lowest BCUT2D eigenvalue weighted by molar-refractivity contribution is 0.584. The topological polar surface area (TPSA) is 41.0 Å². The summed E-state index contributed by atoms with van der Waals surface area (Å²) >= 11 is 0. The van der Waals surface area contributed by atoms with E-state index in [0.717, 1.165) is 49.7 Å². The number of benzene rings is 1. The van der Waals surface area contributed by atoms with E-state index in [1.54, 1.807) is 12.1 Å². The summed E-state index contributed by atoms with van der Waals surface area (Å²) in [4.78, 5) is 11.5. The Kier molecular flexibility index (Phi) is 4.10. The second-order valence-corrected chi connectivity index (χ2v) is 5.14. The number of hydrogen-bond acceptors (Lipinski definition) is 4. The van der Waals surface area contributed by atoms with Crippen molar-refractivity contribution in [2.75, 3.05) is 31.1 Å². The molecule has 2 heterocycles. The van der Waals surface area contributed by atoms with E-state index < -0.39 is 0 Å². The van der Waals surface area contributed by atoms with Crippen LogP contribution in [0.3, 0.4) is 0 Å². The van der Waals surface area contributed by atoms with Crippen LogP contribution < -0.4 is 10.2 Å². The molecule has 0 amide bonds. The van der Waals surface area contributed by atoms with Crippen LogP contribution in [0.1, 0.15) is 12.6 Å². The van der Waals surface area contributed by atoms with Crippen LogP contribution in [0.5, 0.6) is 0 Å². The molecule has 1 fully saturated rings. The number of aromatic nitrogens is 2. The smallest absolute Gasteiger partial charge is 0.161 e. The van der Waals surface area contributed by atoms with Crippen LogP contribution in [0.2, 0.25) is 0 Å². The average Bonchev–Trinajstić information content (AvgIpc) is 2.56. The molecule has 0 unspecified atom stereocenters. The number of nitrogens with one attached hydrogen (secondary N) is 1. The molecule has 1 aromatic carbocycles. The van der Waals surface area contributed by atoms with Crippen molar-refractivity contribution in [1.82, 2.24) is 15.3 Å². The van der Waals surface area contributed by atoms with Gasteiger partial charge in [-0.05, 0) is 30.7 Å². The van der Waals surface area contributed by atoms with Gasteiger partial charge in [0.05, 0.1) is 0 Å². The molecule has 1 aliphatic heterocycles. The van der Waals surface area contributed by atoms with Crippen LogP contribution in [0.25, 0.3) is 11.4 Å². The fourth-order valence-electron chi connectivity index (χ4n) is 2.45. The van der Waals surface area contributed by atoms with Gasteiger partial charge in [-0.3, -0.25) is 0 Å². The van der Waals surface area contributed by atoms with Crippen LogP contribution >= 0.6 is 0 Å². The molecule has 0 saturated carbocycles. The average molecular weight is 286 g/mol. The van der Waals surface area contributed by atoms with E-state index in [4.69, 9.17) is 0 Å². The van der Waals surface area contributed by atoms with E-state index in [1.165, 1.54) is 12.1 Å². The van der Waals surface area contributed by atoms with Gasteiger partial charge in [0.25, 0.3) is 0 Å². The van der Waals surface area contributed by atoms with Gasteiger partial charge in [0, 0.05) is 43.5 Å². The second kappa shape index (κ2) is 6.18. The van der Waals surface area contributed by atoms with Gasteiger partial charge >= 0.3 is 0 Å². The Bertz CT molecular complexity index is 606. The monoisotopic (exact) mass is 286 g/mol. The first kappa shape index (κ1) is 13.9. The van der Waals surface area contributed by atoms with Crippen LogP contribution in [0.15, 0.2) is 30.3 Å². The lowest BCUT2D eigenvalue weighted by atomic mass is 10.2. The largest absolute Gasteiger partial charge is 0.354 e. The third kappa shape index (κ3) is 3.19. The first-order valence-electron chi connectivity index (χ1n) is 7.36. The van der Waals surface area contributed by atoms with Crippen LogP contribution in [-0.4, -0.2) is 36.1 Å². The predicted octanol–water partition coefficient (Wildman–Crippen LogP) is 2.25. The molecule has 1 N–H and O–H groups in total. The van der Waals surface area contributed by atoms with Gasteiger partial charge in [-0.2, -0.15) is 0 Å². The Morgan fingerprint density at radius 1 is 1.14 bits per heavy atom. The van der Waals surface area contributed by atoms with E-state index in [9.17, 15) is 4.39 Å². The third-order valence-corrected chi connectivity index (χ3v) is 3.67. The van der Waals surface area contributed by atoms with Crippen LogP contribution in [-0.2, 0) is 6.42 Å². The fourth-order valence-corrected chi connectivity index (χ4v) is 2.45. The highest BCUT2D eigenvalue weighted by Crippen LogP contribution is 2.21. The van der Waals surface area contributed by atoms with Crippen molar-refractivity contribution in [1.29, 1.82) is 0 Å². The summed E-state index contributed by atoms with van der Waals surface area (Å²) in [6.45, 7) is 5.92. The van der Waals surface area contributed by atoms with E-state index in [1.807, 2.05) is 0 Å². The van der Waals surface area contributed by atoms with E-state index in [2.05, 4.69) is 33.2 Å². The molecule has 0 atom stereocenters. The molecule has 1 aromatic heterocycles. The zero-order chi connectivity index (χ0) is 14.7. The van der Waals surface area contributed by atoms with Gasteiger partial charge in [0.1, 0.15) is 11.6 Å². The summed E-state index contributed by atoms with van der Waals surface area (Å²) in [6, 6.07) is 8.40. The van der Waals surface area contributed by atoms with Crippen molar-refractivity contribution >= 4 is 5.82 Å². The Labute approximate surface area is 124 Å². The molecule has 0 radical (unpaired) electrons. The number of hydrogen-bond donors (Lipinski definition) is 1. The van der Waals surface area contributed by atoms with E-state index in [-0.39, 0.29) is 5.82 Å². The molecule has 1 saturated heterocycles. The summed E-state index contributed by atoms with van der Waals surface area (Å²) in [5.41, 5.74) is 1.86. The Morgan fingerprint density at radius 2 is 1.86 bits per heavy atom. The van der Waals surface area contributed by atoms with Crippen molar-refractivity contribution in [3.05, 3.63) is 41.8 Å². The molecular formula is C16H19FN4. The van der Waals surface area contributed by atoms with Crippen LogP contribution in [0.4, 0.5) is 10.2 Å². The highest BCUT2D eigenvalue weighted by atomic mass is 19.1. The quantitative estimate of drug-likeness (QED) is 0.939. The van der Waals surface area contributed by atoms with Crippen molar-refractivity contribution in [2.45, 2.75) is 13.3 Å². The highest BCUT2D eigenvalue weighted by molar-refractivity contribution is 5.58. The molecule has 1 aliphatic rings. The number of anilines is 1. The van der Waals surface area contributed by atoms with Crippen molar-refractivity contribution in [3.63, 3.8) is 0 Å². The predicted molar refractivity (Wildman–Crippen MR) is 81.9 cm³/mol. The summed E-state index contributed by atoms with van der Waals surface area (Å²) in [6.07, 6.45) is 0.857. The fraction of sp³-hybridized carbons (Fsp3) is 0.375. The molecule has 0 spiro atoms. The normalized spacial score (nSPS) is 15.2. The lowest BCUT2D eigenvalue weighted by Crippen LogP contribution is -2.44. The number of aryl methyl sites for hydroxylation is 1. The number of piperazine rings is 1. The SMILES string of the molecule is CCc1cc(N2CCNCC2)nc(-c2ccc(F)cc2)n1. The van der Waals surface area contributed by atoms with Crippen molar-refractivity contribution in [3.8, 4) is 11.4 Å². The molecule has 110 valence electrons. The molecule has 2 aromatic rings. The van der Waals surface area contributed by atoms with Crippen LogP contribution in [0, 0.1) is 5.82 Å². The lowest BCUT2D eigenvalue weighted by Gasteiger charge is -2.28. The maximum Gasteiger partial charge on any atom is 0.161 e. The van der Waals surface area contributed by atoms with E-state index in [0.29, 0.717) is 5.82 Å².